The van der Waals surface area contributed by atoms with Crippen molar-refractivity contribution in [1.29, 1.82) is 0 Å². The van der Waals surface area contributed by atoms with Crippen molar-refractivity contribution in [1.82, 2.24) is 4.90 Å². The van der Waals surface area contributed by atoms with Gasteiger partial charge in [-0.15, -0.1) is 0 Å². The van der Waals surface area contributed by atoms with Gasteiger partial charge in [0.1, 0.15) is 12.1 Å². The standard InChI is InChI=1S/C21H33FN2O3Si/c1-13(24(5)6)20(26)23-15-10-17-16(18(22)11-15)9-14(12-25)19(17)27-28(7,8)21(2,3)4/h10-14,19H,9H2,1-8H3,(H,23,26). The van der Waals surface area contributed by atoms with Crippen LogP contribution in [0.3, 0.4) is 0 Å². The number of anilines is 1. The predicted molar refractivity (Wildman–Crippen MR) is 112 cm³/mol. The summed E-state index contributed by atoms with van der Waals surface area (Å²) in [7, 11) is 1.45. The molecule has 0 aromatic heterocycles. The van der Waals surface area contributed by atoms with E-state index >= 15 is 0 Å². The van der Waals surface area contributed by atoms with Gasteiger partial charge in [-0.05, 0) is 68.8 Å². The lowest BCUT2D eigenvalue weighted by molar-refractivity contribution is -0.120. The van der Waals surface area contributed by atoms with Gasteiger partial charge in [-0.1, -0.05) is 20.8 Å². The van der Waals surface area contributed by atoms with Gasteiger partial charge in [0.2, 0.25) is 5.91 Å². The van der Waals surface area contributed by atoms with Crippen molar-refractivity contribution in [2.24, 2.45) is 5.92 Å². The minimum absolute atomic E-state index is 0.0330. The molecule has 0 bridgehead atoms. The molecule has 1 N–H and O–H groups in total. The first-order valence-electron chi connectivity index (χ1n) is 9.71. The highest BCUT2D eigenvalue weighted by atomic mass is 28.4. The summed E-state index contributed by atoms with van der Waals surface area (Å²) in [5.74, 6) is -1.03. The van der Waals surface area contributed by atoms with Gasteiger partial charge in [0.05, 0.1) is 12.1 Å². The molecule has 0 saturated heterocycles. The van der Waals surface area contributed by atoms with Gasteiger partial charge < -0.3 is 14.5 Å². The summed E-state index contributed by atoms with van der Waals surface area (Å²) in [5, 5.41) is 2.75. The van der Waals surface area contributed by atoms with Crippen molar-refractivity contribution < 1.29 is 18.4 Å². The number of nitrogens with zero attached hydrogens (tertiary/aromatic N) is 1. The normalized spacial score (nSPS) is 20.8. The topological polar surface area (TPSA) is 58.6 Å². The number of nitrogens with one attached hydrogen (secondary N) is 1. The van der Waals surface area contributed by atoms with E-state index in [1.807, 2.05) is 14.1 Å². The largest absolute Gasteiger partial charge is 0.409 e. The zero-order chi connectivity index (χ0) is 21.4. The van der Waals surface area contributed by atoms with E-state index in [0.717, 1.165) is 6.29 Å². The molecule has 0 fully saturated rings. The summed E-state index contributed by atoms with van der Waals surface area (Å²) in [5.41, 5.74) is 1.58. The molecule has 5 nitrogen and oxygen atoms in total. The fraction of sp³-hybridized carbons (Fsp3) is 0.619. The van der Waals surface area contributed by atoms with Crippen molar-refractivity contribution in [3.8, 4) is 0 Å². The van der Waals surface area contributed by atoms with Crippen LogP contribution in [0.1, 0.15) is 44.9 Å². The molecular weight excluding hydrogens is 375 g/mol. The van der Waals surface area contributed by atoms with Crippen LogP contribution in [0.4, 0.5) is 10.1 Å². The van der Waals surface area contributed by atoms with Crippen molar-refractivity contribution in [3.05, 3.63) is 29.1 Å². The zero-order valence-corrected chi connectivity index (χ0v) is 19.2. The fourth-order valence-electron chi connectivity index (χ4n) is 3.02. The van der Waals surface area contributed by atoms with E-state index in [2.05, 4.69) is 39.2 Å². The molecule has 2 rings (SSSR count). The first kappa shape index (κ1) is 22.7. The third-order valence-electron chi connectivity index (χ3n) is 6.19. The van der Waals surface area contributed by atoms with E-state index in [1.54, 1.807) is 17.9 Å². The van der Waals surface area contributed by atoms with E-state index in [9.17, 15) is 14.0 Å². The predicted octanol–water partition coefficient (Wildman–Crippen LogP) is 4.15. The Hall–Kier alpha value is -1.57. The van der Waals surface area contributed by atoms with E-state index in [1.165, 1.54) is 6.07 Å². The molecule has 1 amide bonds. The maximum absolute atomic E-state index is 14.8. The lowest BCUT2D eigenvalue weighted by atomic mass is 10.1. The summed E-state index contributed by atoms with van der Waals surface area (Å²) in [6.45, 7) is 12.4. The number of rotatable bonds is 6. The first-order valence-corrected chi connectivity index (χ1v) is 12.6. The minimum Gasteiger partial charge on any atom is -0.409 e. The molecule has 1 aliphatic carbocycles. The highest BCUT2D eigenvalue weighted by molar-refractivity contribution is 6.74. The van der Waals surface area contributed by atoms with Crippen LogP contribution >= 0.6 is 0 Å². The Morgan fingerprint density at radius 2 is 1.96 bits per heavy atom. The number of carbonyl (C=O) groups is 2. The molecule has 0 heterocycles. The van der Waals surface area contributed by atoms with Crippen molar-refractivity contribution in [2.45, 2.75) is 64.4 Å². The van der Waals surface area contributed by atoms with Crippen molar-refractivity contribution >= 4 is 26.2 Å². The molecule has 0 spiro atoms. The average Bonchev–Trinajstić information content (AvgIpc) is 2.90. The molecule has 1 aliphatic rings. The quantitative estimate of drug-likeness (QED) is 0.567. The van der Waals surface area contributed by atoms with Crippen LogP contribution < -0.4 is 5.32 Å². The molecular formula is C21H33FN2O3Si. The van der Waals surface area contributed by atoms with E-state index in [4.69, 9.17) is 4.43 Å². The molecule has 0 saturated carbocycles. The molecule has 156 valence electrons. The molecule has 3 atom stereocenters. The molecule has 0 aliphatic heterocycles. The Labute approximate surface area is 168 Å². The highest BCUT2D eigenvalue weighted by Gasteiger charge is 2.44. The minimum atomic E-state index is -2.17. The number of hydrogen-bond donors (Lipinski definition) is 1. The van der Waals surface area contributed by atoms with Crippen LogP contribution in [0, 0.1) is 11.7 Å². The third-order valence-corrected chi connectivity index (χ3v) is 10.6. The van der Waals surface area contributed by atoms with Gasteiger partial charge >= 0.3 is 0 Å². The van der Waals surface area contributed by atoms with E-state index < -0.39 is 26.2 Å². The number of fused-ring (bicyclic) bond motifs is 1. The van der Waals surface area contributed by atoms with Crippen LogP contribution in [0.25, 0.3) is 0 Å². The molecule has 3 unspecified atom stereocenters. The summed E-state index contributed by atoms with van der Waals surface area (Å²) in [6, 6.07) is 2.74. The van der Waals surface area contributed by atoms with Crippen LogP contribution in [0.5, 0.6) is 0 Å². The lowest BCUT2D eigenvalue weighted by Gasteiger charge is -2.39. The summed E-state index contributed by atoms with van der Waals surface area (Å²) < 4.78 is 21.3. The summed E-state index contributed by atoms with van der Waals surface area (Å²) in [6.07, 6.45) is 0.710. The van der Waals surface area contributed by atoms with E-state index in [0.29, 0.717) is 23.2 Å². The number of carbonyl (C=O) groups excluding carboxylic acids is 2. The first-order chi connectivity index (χ1) is 12.8. The number of halogens is 1. The number of benzene rings is 1. The molecule has 28 heavy (non-hydrogen) atoms. The Morgan fingerprint density at radius 1 is 1.36 bits per heavy atom. The lowest BCUT2D eigenvalue weighted by Crippen LogP contribution is -2.42. The van der Waals surface area contributed by atoms with Gasteiger partial charge in [0.25, 0.3) is 0 Å². The second-order valence-electron chi connectivity index (χ2n) is 9.46. The van der Waals surface area contributed by atoms with Crippen LogP contribution in [0.2, 0.25) is 18.1 Å². The second kappa shape index (κ2) is 8.04. The SMILES string of the molecule is CC(C(=O)Nc1cc(F)c2c(c1)C(O[Si](C)(C)C(C)(C)C)C(C=O)C2)N(C)C. The Kier molecular flexibility index (Phi) is 6.53. The van der Waals surface area contributed by atoms with Crippen LogP contribution in [-0.4, -0.2) is 45.5 Å². The van der Waals surface area contributed by atoms with E-state index in [-0.39, 0.29) is 17.0 Å². The van der Waals surface area contributed by atoms with Gasteiger partial charge in [-0.3, -0.25) is 9.69 Å². The zero-order valence-electron chi connectivity index (χ0n) is 18.2. The van der Waals surface area contributed by atoms with Crippen LogP contribution in [-0.2, 0) is 20.4 Å². The van der Waals surface area contributed by atoms with Crippen LogP contribution in [0.15, 0.2) is 12.1 Å². The Bertz CT molecular complexity index is 759. The number of likely N-dealkylation sites (N-methyl/N-ethyl adjacent to an activating group) is 1. The summed E-state index contributed by atoms with van der Waals surface area (Å²) in [4.78, 5) is 25.9. The van der Waals surface area contributed by atoms with Gasteiger partial charge in [0, 0.05) is 11.6 Å². The van der Waals surface area contributed by atoms with Crippen molar-refractivity contribution in [2.75, 3.05) is 19.4 Å². The number of aldehydes is 1. The summed E-state index contributed by atoms with van der Waals surface area (Å²) >= 11 is 0. The molecule has 7 heteroatoms. The Morgan fingerprint density at radius 3 is 2.46 bits per heavy atom. The third kappa shape index (κ3) is 4.53. The monoisotopic (exact) mass is 408 g/mol. The smallest absolute Gasteiger partial charge is 0.241 e. The van der Waals surface area contributed by atoms with Gasteiger partial charge in [-0.25, -0.2) is 4.39 Å². The van der Waals surface area contributed by atoms with Gasteiger partial charge in [0.15, 0.2) is 8.32 Å². The fourth-order valence-corrected chi connectivity index (χ4v) is 4.31. The number of hydrogen-bond acceptors (Lipinski definition) is 4. The Balaban J connectivity index is 2.39. The molecule has 1 aromatic rings. The maximum atomic E-state index is 14.8. The second-order valence-corrected chi connectivity index (χ2v) is 14.2. The average molecular weight is 409 g/mol. The maximum Gasteiger partial charge on any atom is 0.241 e. The number of amides is 1. The molecule has 1 aromatic carbocycles. The van der Waals surface area contributed by atoms with Gasteiger partial charge in [-0.2, -0.15) is 0 Å². The van der Waals surface area contributed by atoms with Crippen molar-refractivity contribution in [3.63, 3.8) is 0 Å². The molecule has 0 radical (unpaired) electrons. The highest BCUT2D eigenvalue weighted by Crippen LogP contribution is 2.46.